The van der Waals surface area contributed by atoms with Crippen LogP contribution in [0.4, 0.5) is 5.69 Å². The summed E-state index contributed by atoms with van der Waals surface area (Å²) in [6, 6.07) is 10.5. The van der Waals surface area contributed by atoms with Crippen molar-refractivity contribution in [1.29, 1.82) is 0 Å². The van der Waals surface area contributed by atoms with Gasteiger partial charge in [0.05, 0.1) is 4.88 Å². The van der Waals surface area contributed by atoms with E-state index in [4.69, 9.17) is 5.84 Å². The zero-order chi connectivity index (χ0) is 14.1. The first-order valence-electron chi connectivity index (χ1n) is 6.62. The van der Waals surface area contributed by atoms with Gasteiger partial charge in [0.25, 0.3) is 5.91 Å². The molecule has 1 aliphatic heterocycles. The SMILES string of the molecule is Cc1sc(C(=O)NN)cc1CN1CCc2ccccc21. The molecule has 1 aliphatic rings. The molecule has 3 rings (SSSR count). The standard InChI is InChI=1S/C15H17N3OS/c1-10-12(8-14(20-10)15(19)17-16)9-18-7-6-11-4-2-3-5-13(11)18/h2-5,8H,6-7,9,16H2,1H3,(H,17,19). The van der Waals surface area contributed by atoms with E-state index < -0.39 is 0 Å². The summed E-state index contributed by atoms with van der Waals surface area (Å²) in [5.74, 6) is 4.97. The number of nitrogens with one attached hydrogen (secondary N) is 1. The summed E-state index contributed by atoms with van der Waals surface area (Å²) in [5.41, 5.74) is 6.10. The Labute approximate surface area is 122 Å². The van der Waals surface area contributed by atoms with Crippen molar-refractivity contribution < 1.29 is 4.79 Å². The molecule has 0 unspecified atom stereocenters. The van der Waals surface area contributed by atoms with Gasteiger partial charge >= 0.3 is 0 Å². The van der Waals surface area contributed by atoms with Crippen LogP contribution in [0.25, 0.3) is 0 Å². The molecule has 4 nitrogen and oxygen atoms in total. The summed E-state index contributed by atoms with van der Waals surface area (Å²) < 4.78 is 0. The molecule has 0 bridgehead atoms. The van der Waals surface area contributed by atoms with Crippen molar-refractivity contribution in [3.05, 3.63) is 51.2 Å². The molecular weight excluding hydrogens is 270 g/mol. The number of thiophene rings is 1. The second kappa shape index (κ2) is 5.26. The van der Waals surface area contributed by atoms with Crippen molar-refractivity contribution in [3.8, 4) is 0 Å². The third-order valence-corrected chi connectivity index (χ3v) is 4.81. The molecule has 5 heteroatoms. The zero-order valence-corrected chi connectivity index (χ0v) is 12.2. The van der Waals surface area contributed by atoms with E-state index >= 15 is 0 Å². The van der Waals surface area contributed by atoms with Gasteiger partial charge in [-0.05, 0) is 36.6 Å². The minimum atomic E-state index is -0.217. The molecule has 1 amide bonds. The van der Waals surface area contributed by atoms with E-state index in [9.17, 15) is 4.79 Å². The monoisotopic (exact) mass is 287 g/mol. The molecule has 0 radical (unpaired) electrons. The lowest BCUT2D eigenvalue weighted by Crippen LogP contribution is -2.29. The summed E-state index contributed by atoms with van der Waals surface area (Å²) in [7, 11) is 0. The molecule has 2 aromatic rings. The highest BCUT2D eigenvalue weighted by Gasteiger charge is 2.20. The Morgan fingerprint density at radius 3 is 3.05 bits per heavy atom. The summed E-state index contributed by atoms with van der Waals surface area (Å²) in [6.07, 6.45) is 1.09. The molecule has 20 heavy (non-hydrogen) atoms. The first kappa shape index (κ1) is 13.1. The Morgan fingerprint density at radius 1 is 1.45 bits per heavy atom. The fourth-order valence-electron chi connectivity index (χ4n) is 2.64. The maximum absolute atomic E-state index is 11.6. The van der Waals surface area contributed by atoms with Crippen molar-refractivity contribution in [2.24, 2.45) is 5.84 Å². The number of amides is 1. The van der Waals surface area contributed by atoms with Gasteiger partial charge in [-0.15, -0.1) is 11.3 Å². The number of hydrogen-bond donors (Lipinski definition) is 2. The van der Waals surface area contributed by atoms with Crippen LogP contribution in [0.5, 0.6) is 0 Å². The molecule has 1 aromatic carbocycles. The van der Waals surface area contributed by atoms with Crippen molar-refractivity contribution in [2.75, 3.05) is 11.4 Å². The molecule has 0 spiro atoms. The van der Waals surface area contributed by atoms with Crippen molar-refractivity contribution in [1.82, 2.24) is 5.43 Å². The number of nitrogens with two attached hydrogens (primary N) is 1. The number of benzene rings is 1. The van der Waals surface area contributed by atoms with E-state index in [1.807, 2.05) is 6.07 Å². The van der Waals surface area contributed by atoms with Crippen LogP contribution in [0.3, 0.4) is 0 Å². The Bertz CT molecular complexity index is 650. The number of nitrogens with zero attached hydrogens (tertiary/aromatic N) is 1. The topological polar surface area (TPSA) is 58.4 Å². The van der Waals surface area contributed by atoms with Gasteiger partial charge < -0.3 is 4.90 Å². The molecule has 0 aliphatic carbocycles. The lowest BCUT2D eigenvalue weighted by Gasteiger charge is -2.19. The van der Waals surface area contributed by atoms with Gasteiger partial charge in [0, 0.05) is 23.7 Å². The maximum atomic E-state index is 11.6. The van der Waals surface area contributed by atoms with Gasteiger partial charge in [0.2, 0.25) is 0 Å². The number of nitrogen functional groups attached to an aromatic ring is 1. The van der Waals surface area contributed by atoms with Crippen LogP contribution in [0.2, 0.25) is 0 Å². The van der Waals surface area contributed by atoms with E-state index in [0.29, 0.717) is 4.88 Å². The number of rotatable bonds is 3. The second-order valence-electron chi connectivity index (χ2n) is 4.97. The number of aryl methyl sites for hydroxylation is 1. The number of hydrogen-bond acceptors (Lipinski definition) is 4. The highest BCUT2D eigenvalue weighted by Crippen LogP contribution is 2.31. The zero-order valence-electron chi connectivity index (χ0n) is 11.3. The van der Waals surface area contributed by atoms with Crippen LogP contribution in [-0.2, 0) is 13.0 Å². The fraction of sp³-hybridized carbons (Fsp3) is 0.267. The molecule has 1 aromatic heterocycles. The van der Waals surface area contributed by atoms with E-state index in [0.717, 1.165) is 19.5 Å². The second-order valence-corrected chi connectivity index (χ2v) is 6.22. The quantitative estimate of drug-likeness (QED) is 0.517. The summed E-state index contributed by atoms with van der Waals surface area (Å²) in [4.78, 5) is 15.8. The molecule has 0 saturated carbocycles. The maximum Gasteiger partial charge on any atom is 0.275 e. The smallest absolute Gasteiger partial charge is 0.275 e. The summed E-state index contributed by atoms with van der Waals surface area (Å²) in [5, 5.41) is 0. The van der Waals surface area contributed by atoms with Crippen LogP contribution in [0.15, 0.2) is 30.3 Å². The molecule has 3 N–H and O–H groups in total. The molecule has 0 saturated heterocycles. The van der Waals surface area contributed by atoms with Crippen LogP contribution < -0.4 is 16.2 Å². The highest BCUT2D eigenvalue weighted by molar-refractivity contribution is 7.14. The summed E-state index contributed by atoms with van der Waals surface area (Å²) >= 11 is 1.49. The number of carbonyl (C=O) groups excluding carboxylic acids is 1. The van der Waals surface area contributed by atoms with E-state index in [2.05, 4.69) is 41.5 Å². The number of hydrazine groups is 1. The highest BCUT2D eigenvalue weighted by atomic mass is 32.1. The van der Waals surface area contributed by atoms with Crippen molar-refractivity contribution >= 4 is 22.9 Å². The molecular formula is C15H17N3OS. The minimum absolute atomic E-state index is 0.217. The Hall–Kier alpha value is -1.85. The molecule has 2 heterocycles. The van der Waals surface area contributed by atoms with E-state index in [1.165, 1.54) is 33.0 Å². The molecule has 104 valence electrons. The van der Waals surface area contributed by atoms with Crippen LogP contribution in [0.1, 0.15) is 25.7 Å². The fourth-order valence-corrected chi connectivity index (χ4v) is 3.57. The first-order valence-corrected chi connectivity index (χ1v) is 7.44. The number of para-hydroxylation sites is 1. The average molecular weight is 287 g/mol. The van der Waals surface area contributed by atoms with E-state index in [-0.39, 0.29) is 5.91 Å². The average Bonchev–Trinajstić information content (AvgIpc) is 3.04. The van der Waals surface area contributed by atoms with Gasteiger partial charge in [0.1, 0.15) is 0 Å². The number of fused-ring (bicyclic) bond motifs is 1. The van der Waals surface area contributed by atoms with Crippen LogP contribution >= 0.6 is 11.3 Å². The predicted octanol–water partition coefficient (Wildman–Crippen LogP) is 2.22. The van der Waals surface area contributed by atoms with Gasteiger partial charge in [-0.3, -0.25) is 10.2 Å². The number of carbonyl (C=O) groups is 1. The largest absolute Gasteiger partial charge is 0.367 e. The van der Waals surface area contributed by atoms with Crippen molar-refractivity contribution in [3.63, 3.8) is 0 Å². The molecule has 0 fully saturated rings. The van der Waals surface area contributed by atoms with Crippen LogP contribution in [-0.4, -0.2) is 12.5 Å². The van der Waals surface area contributed by atoms with Gasteiger partial charge in [-0.2, -0.15) is 0 Å². The van der Waals surface area contributed by atoms with Gasteiger partial charge in [-0.25, -0.2) is 5.84 Å². The van der Waals surface area contributed by atoms with Gasteiger partial charge in [0.15, 0.2) is 0 Å². The van der Waals surface area contributed by atoms with Gasteiger partial charge in [-0.1, -0.05) is 18.2 Å². The third-order valence-electron chi connectivity index (χ3n) is 3.72. The van der Waals surface area contributed by atoms with Crippen molar-refractivity contribution in [2.45, 2.75) is 19.9 Å². The Kier molecular flexibility index (Phi) is 3.46. The Morgan fingerprint density at radius 2 is 2.25 bits per heavy atom. The summed E-state index contributed by atoms with van der Waals surface area (Å²) in [6.45, 7) is 3.93. The minimum Gasteiger partial charge on any atom is -0.367 e. The normalized spacial score (nSPS) is 13.4. The van der Waals surface area contributed by atoms with Crippen LogP contribution in [0, 0.1) is 6.92 Å². The lowest BCUT2D eigenvalue weighted by molar-refractivity contribution is 0.0957. The number of anilines is 1. The van der Waals surface area contributed by atoms with E-state index in [1.54, 1.807) is 0 Å². The lowest BCUT2D eigenvalue weighted by atomic mass is 10.2. The third kappa shape index (κ3) is 2.30. The predicted molar refractivity (Wildman–Crippen MR) is 81.9 cm³/mol. The molecule has 0 atom stereocenters. The first-order chi connectivity index (χ1) is 9.69. The Balaban J connectivity index is 1.83.